The van der Waals surface area contributed by atoms with Gasteiger partial charge in [0.1, 0.15) is 17.3 Å². The van der Waals surface area contributed by atoms with E-state index in [-0.39, 0.29) is 5.82 Å². The molecule has 0 aliphatic rings. The quantitative estimate of drug-likeness (QED) is 0.797. The van der Waals surface area contributed by atoms with Crippen molar-refractivity contribution in [3.8, 4) is 11.5 Å². The minimum Gasteiger partial charge on any atom is -0.457 e. The summed E-state index contributed by atoms with van der Waals surface area (Å²) in [4.78, 5) is 0. The molecule has 0 aliphatic heterocycles. The predicted octanol–water partition coefficient (Wildman–Crippen LogP) is 3.82. The molecule has 0 aliphatic carbocycles. The zero-order valence-corrected chi connectivity index (χ0v) is 9.83. The van der Waals surface area contributed by atoms with Gasteiger partial charge < -0.3 is 10.5 Å². The molecule has 88 valence electrons. The maximum Gasteiger partial charge on any atom is 0.133 e. The molecule has 2 aromatic carbocycles. The van der Waals surface area contributed by atoms with Crippen LogP contribution in [0.2, 0.25) is 0 Å². The number of hydrogen-bond acceptors (Lipinski definition) is 2. The minimum atomic E-state index is -0.308. The predicted molar refractivity (Wildman–Crippen MR) is 66.8 cm³/mol. The Balaban J connectivity index is 2.31. The molecule has 0 heterocycles. The van der Waals surface area contributed by atoms with E-state index in [0.29, 0.717) is 17.2 Å². The second-order valence-electron chi connectivity index (χ2n) is 4.03. The van der Waals surface area contributed by atoms with E-state index in [4.69, 9.17) is 10.5 Å². The van der Waals surface area contributed by atoms with Gasteiger partial charge in [-0.3, -0.25) is 0 Å². The van der Waals surface area contributed by atoms with Gasteiger partial charge in [0.15, 0.2) is 0 Å². The molecule has 0 bridgehead atoms. The van der Waals surface area contributed by atoms with E-state index in [1.54, 1.807) is 18.2 Å². The molecule has 0 spiro atoms. The van der Waals surface area contributed by atoms with Crippen molar-refractivity contribution in [2.45, 2.75) is 13.8 Å². The Morgan fingerprint density at radius 2 is 1.76 bits per heavy atom. The maximum atomic E-state index is 13.1. The highest BCUT2D eigenvalue weighted by molar-refractivity contribution is 5.50. The summed E-state index contributed by atoms with van der Waals surface area (Å²) in [6.45, 7) is 3.78. The number of hydrogen-bond donors (Lipinski definition) is 1. The summed E-state index contributed by atoms with van der Waals surface area (Å²) in [7, 11) is 0. The lowest BCUT2D eigenvalue weighted by Gasteiger charge is -2.10. The molecule has 2 rings (SSSR count). The first-order chi connectivity index (χ1) is 8.06. The average molecular weight is 231 g/mol. The maximum absolute atomic E-state index is 13.1. The van der Waals surface area contributed by atoms with Gasteiger partial charge in [-0.15, -0.1) is 0 Å². The molecule has 0 saturated heterocycles. The van der Waals surface area contributed by atoms with Crippen molar-refractivity contribution in [1.82, 2.24) is 0 Å². The Labute approximate surface area is 99.8 Å². The summed E-state index contributed by atoms with van der Waals surface area (Å²) >= 11 is 0. The largest absolute Gasteiger partial charge is 0.457 e. The van der Waals surface area contributed by atoms with Crippen molar-refractivity contribution in [1.29, 1.82) is 0 Å². The second kappa shape index (κ2) is 4.45. The number of halogens is 1. The lowest BCUT2D eigenvalue weighted by atomic mass is 10.2. The molecule has 0 unspecified atom stereocenters. The van der Waals surface area contributed by atoms with Crippen molar-refractivity contribution in [2.24, 2.45) is 0 Å². The van der Waals surface area contributed by atoms with E-state index in [2.05, 4.69) is 0 Å². The highest BCUT2D eigenvalue weighted by atomic mass is 19.1. The third kappa shape index (κ3) is 2.56. The Morgan fingerprint density at radius 3 is 2.47 bits per heavy atom. The Kier molecular flexibility index (Phi) is 3.00. The van der Waals surface area contributed by atoms with Crippen LogP contribution < -0.4 is 10.5 Å². The van der Waals surface area contributed by atoms with Gasteiger partial charge in [0.05, 0.1) is 0 Å². The van der Waals surface area contributed by atoms with Crippen LogP contribution in [-0.2, 0) is 0 Å². The van der Waals surface area contributed by atoms with Crippen LogP contribution in [-0.4, -0.2) is 0 Å². The fourth-order valence-electron chi connectivity index (χ4n) is 1.52. The zero-order valence-electron chi connectivity index (χ0n) is 9.83. The van der Waals surface area contributed by atoms with Gasteiger partial charge in [-0.05, 0) is 49.2 Å². The van der Waals surface area contributed by atoms with Crippen molar-refractivity contribution in [3.63, 3.8) is 0 Å². The molecule has 0 fully saturated rings. The fraction of sp³-hybridized carbons (Fsp3) is 0.143. The Morgan fingerprint density at radius 1 is 1.00 bits per heavy atom. The van der Waals surface area contributed by atoms with Crippen molar-refractivity contribution < 1.29 is 9.13 Å². The molecule has 2 aromatic rings. The molecule has 0 radical (unpaired) electrons. The van der Waals surface area contributed by atoms with Crippen LogP contribution in [0.1, 0.15) is 11.1 Å². The molecular formula is C14H14FNO. The van der Waals surface area contributed by atoms with E-state index in [0.717, 1.165) is 11.1 Å². The summed E-state index contributed by atoms with van der Waals surface area (Å²) in [6.07, 6.45) is 0. The lowest BCUT2D eigenvalue weighted by molar-refractivity contribution is 0.472. The SMILES string of the molecule is Cc1cc(Oc2cc(F)ccc2C)ccc1N. The monoisotopic (exact) mass is 231 g/mol. The van der Waals surface area contributed by atoms with Crippen LogP contribution >= 0.6 is 0 Å². The molecule has 3 heteroatoms. The molecule has 2 nitrogen and oxygen atoms in total. The fourth-order valence-corrected chi connectivity index (χ4v) is 1.52. The molecule has 0 saturated carbocycles. The van der Waals surface area contributed by atoms with Crippen LogP contribution in [0.25, 0.3) is 0 Å². The Bertz CT molecular complexity index is 552. The van der Waals surface area contributed by atoms with Crippen LogP contribution in [0.15, 0.2) is 36.4 Å². The van der Waals surface area contributed by atoms with Crippen LogP contribution in [0, 0.1) is 19.7 Å². The second-order valence-corrected chi connectivity index (χ2v) is 4.03. The normalized spacial score (nSPS) is 10.3. The number of rotatable bonds is 2. The van der Waals surface area contributed by atoms with E-state index in [9.17, 15) is 4.39 Å². The summed E-state index contributed by atoms with van der Waals surface area (Å²) in [5.41, 5.74) is 8.27. The smallest absolute Gasteiger partial charge is 0.133 e. The van der Waals surface area contributed by atoms with E-state index in [1.807, 2.05) is 19.9 Å². The summed E-state index contributed by atoms with van der Waals surface area (Å²) in [5.74, 6) is 0.873. The van der Waals surface area contributed by atoms with Gasteiger partial charge in [0.25, 0.3) is 0 Å². The first kappa shape index (κ1) is 11.5. The summed E-state index contributed by atoms with van der Waals surface area (Å²) < 4.78 is 18.7. The number of nitrogens with two attached hydrogens (primary N) is 1. The lowest BCUT2D eigenvalue weighted by Crippen LogP contribution is -1.92. The van der Waals surface area contributed by atoms with Gasteiger partial charge in [0, 0.05) is 11.8 Å². The van der Waals surface area contributed by atoms with Crippen molar-refractivity contribution >= 4 is 5.69 Å². The van der Waals surface area contributed by atoms with E-state index < -0.39 is 0 Å². The van der Waals surface area contributed by atoms with E-state index >= 15 is 0 Å². The minimum absolute atomic E-state index is 0.308. The van der Waals surface area contributed by atoms with Gasteiger partial charge in [-0.1, -0.05) is 6.07 Å². The molecule has 0 atom stereocenters. The topological polar surface area (TPSA) is 35.2 Å². The van der Waals surface area contributed by atoms with Crippen LogP contribution in [0.3, 0.4) is 0 Å². The summed E-state index contributed by atoms with van der Waals surface area (Å²) in [6, 6.07) is 9.86. The molecule has 2 N–H and O–H groups in total. The first-order valence-electron chi connectivity index (χ1n) is 5.36. The van der Waals surface area contributed by atoms with E-state index in [1.165, 1.54) is 12.1 Å². The molecule has 0 aromatic heterocycles. The molecule has 17 heavy (non-hydrogen) atoms. The number of anilines is 1. The molecular weight excluding hydrogens is 217 g/mol. The van der Waals surface area contributed by atoms with Crippen molar-refractivity contribution in [2.75, 3.05) is 5.73 Å². The number of aryl methyl sites for hydroxylation is 2. The van der Waals surface area contributed by atoms with Gasteiger partial charge in [-0.2, -0.15) is 0 Å². The average Bonchev–Trinajstić information content (AvgIpc) is 2.29. The number of nitrogen functional groups attached to an aromatic ring is 1. The Hall–Kier alpha value is -2.03. The standard InChI is InChI=1S/C14H14FNO/c1-9-3-4-11(15)8-14(9)17-12-5-6-13(16)10(2)7-12/h3-8H,16H2,1-2H3. The third-order valence-corrected chi connectivity index (χ3v) is 2.62. The van der Waals surface area contributed by atoms with Gasteiger partial charge >= 0.3 is 0 Å². The zero-order chi connectivity index (χ0) is 12.4. The third-order valence-electron chi connectivity index (χ3n) is 2.62. The molecule has 0 amide bonds. The number of ether oxygens (including phenoxy) is 1. The van der Waals surface area contributed by atoms with Gasteiger partial charge in [0.2, 0.25) is 0 Å². The first-order valence-corrected chi connectivity index (χ1v) is 5.36. The summed E-state index contributed by atoms with van der Waals surface area (Å²) in [5, 5.41) is 0. The van der Waals surface area contributed by atoms with Crippen LogP contribution in [0.5, 0.6) is 11.5 Å². The highest BCUT2D eigenvalue weighted by Gasteiger charge is 2.04. The highest BCUT2D eigenvalue weighted by Crippen LogP contribution is 2.27. The van der Waals surface area contributed by atoms with Gasteiger partial charge in [-0.25, -0.2) is 4.39 Å². The number of benzene rings is 2. The van der Waals surface area contributed by atoms with Crippen LogP contribution in [0.4, 0.5) is 10.1 Å². The van der Waals surface area contributed by atoms with Crippen molar-refractivity contribution in [3.05, 3.63) is 53.3 Å².